The Hall–Kier alpha value is -1.84. The van der Waals surface area contributed by atoms with Crippen molar-refractivity contribution in [2.75, 3.05) is 0 Å². The molecule has 0 fully saturated rings. The smallest absolute Gasteiger partial charge is 0.408 e. The number of nitrogens with zero attached hydrogens (tertiary/aromatic N) is 2. The van der Waals surface area contributed by atoms with Gasteiger partial charge >= 0.3 is 11.3 Å². The van der Waals surface area contributed by atoms with Gasteiger partial charge in [0.05, 0.1) is 5.75 Å². The van der Waals surface area contributed by atoms with Crippen molar-refractivity contribution < 1.29 is 22.4 Å². The third-order valence-electron chi connectivity index (χ3n) is 4.24. The van der Waals surface area contributed by atoms with E-state index in [9.17, 15) is 13.2 Å². The molecule has 1 aromatic heterocycles. The fraction of sp³-hybridized carbons (Fsp3) is 0.526. The number of halogens is 2. The monoisotopic (exact) mass is 477 g/mol. The first-order valence-electron chi connectivity index (χ1n) is 9.32. The number of carbonyl (C=O) groups is 1. The lowest BCUT2D eigenvalue weighted by Gasteiger charge is -2.24. The van der Waals surface area contributed by atoms with Gasteiger partial charge < -0.3 is 14.5 Å². The maximum absolute atomic E-state index is 12.8. The Morgan fingerprint density at radius 1 is 1.23 bits per heavy atom. The highest BCUT2D eigenvalue weighted by Gasteiger charge is 2.31. The molecule has 2 aromatic rings. The molecule has 0 saturated heterocycles. The van der Waals surface area contributed by atoms with E-state index in [1.54, 1.807) is 39.0 Å². The van der Waals surface area contributed by atoms with Crippen molar-refractivity contribution in [1.82, 2.24) is 15.5 Å². The van der Waals surface area contributed by atoms with Crippen LogP contribution in [-0.4, -0.2) is 30.3 Å². The Bertz CT molecular complexity index is 982. The molecule has 1 aromatic carbocycles. The number of benzene rings is 1. The van der Waals surface area contributed by atoms with Crippen LogP contribution < -0.4 is 5.32 Å². The van der Waals surface area contributed by atoms with E-state index in [0.29, 0.717) is 6.42 Å². The van der Waals surface area contributed by atoms with Crippen LogP contribution in [0.1, 0.15) is 58.5 Å². The van der Waals surface area contributed by atoms with Gasteiger partial charge in [0.25, 0.3) is 0 Å². The average molecular weight is 478 g/mol. The highest BCUT2D eigenvalue weighted by atomic mass is 35.5. The SMILES string of the molecule is CC[C@H](C)[C@@H](NC(=O)OC(C)(C)C)c1nnc(S(=O)(=O)Cc2c(Cl)cccc2Cl)o1. The minimum Gasteiger partial charge on any atom is -0.444 e. The van der Waals surface area contributed by atoms with Crippen molar-refractivity contribution in [3.63, 3.8) is 0 Å². The fourth-order valence-electron chi connectivity index (χ4n) is 2.51. The number of sulfone groups is 1. The summed E-state index contributed by atoms with van der Waals surface area (Å²) in [5.41, 5.74) is -0.451. The highest BCUT2D eigenvalue weighted by molar-refractivity contribution is 7.90. The zero-order valence-corrected chi connectivity index (χ0v) is 19.7. The number of hydrogen-bond donors (Lipinski definition) is 1. The van der Waals surface area contributed by atoms with E-state index in [1.807, 2.05) is 13.8 Å². The molecule has 2 rings (SSSR count). The van der Waals surface area contributed by atoms with Crippen molar-refractivity contribution in [2.24, 2.45) is 5.92 Å². The van der Waals surface area contributed by atoms with Gasteiger partial charge in [0.1, 0.15) is 11.6 Å². The van der Waals surface area contributed by atoms with Gasteiger partial charge in [-0.25, -0.2) is 13.2 Å². The Balaban J connectivity index is 2.29. The van der Waals surface area contributed by atoms with Gasteiger partial charge in [-0.15, -0.1) is 5.10 Å². The summed E-state index contributed by atoms with van der Waals surface area (Å²) >= 11 is 12.1. The van der Waals surface area contributed by atoms with Gasteiger partial charge in [-0.1, -0.05) is 54.6 Å². The quantitative estimate of drug-likeness (QED) is 0.599. The van der Waals surface area contributed by atoms with E-state index in [2.05, 4.69) is 15.5 Å². The Morgan fingerprint density at radius 2 is 1.83 bits per heavy atom. The lowest BCUT2D eigenvalue weighted by molar-refractivity contribution is 0.0473. The van der Waals surface area contributed by atoms with Crippen molar-refractivity contribution in [3.05, 3.63) is 39.7 Å². The van der Waals surface area contributed by atoms with E-state index < -0.39 is 38.5 Å². The summed E-state index contributed by atoms with van der Waals surface area (Å²) in [5, 5.41) is 10.1. The molecule has 0 spiro atoms. The molecule has 0 bridgehead atoms. The van der Waals surface area contributed by atoms with Crippen molar-refractivity contribution in [3.8, 4) is 0 Å². The number of aromatic nitrogens is 2. The molecule has 0 aliphatic carbocycles. The van der Waals surface area contributed by atoms with E-state index in [-0.39, 0.29) is 27.4 Å². The third-order valence-corrected chi connectivity index (χ3v) is 6.31. The van der Waals surface area contributed by atoms with Crippen LogP contribution >= 0.6 is 23.2 Å². The van der Waals surface area contributed by atoms with Crippen LogP contribution in [0.5, 0.6) is 0 Å². The minimum atomic E-state index is -4.01. The minimum absolute atomic E-state index is 0.0287. The average Bonchev–Trinajstić information content (AvgIpc) is 3.11. The lowest BCUT2D eigenvalue weighted by atomic mass is 9.99. The second-order valence-corrected chi connectivity index (χ2v) is 10.6. The van der Waals surface area contributed by atoms with Crippen LogP contribution in [0.4, 0.5) is 4.79 Å². The van der Waals surface area contributed by atoms with Crippen LogP contribution in [0, 0.1) is 5.92 Å². The third kappa shape index (κ3) is 6.33. The molecule has 0 aliphatic heterocycles. The Labute approximate surface area is 186 Å². The summed E-state index contributed by atoms with van der Waals surface area (Å²) in [4.78, 5) is 12.2. The van der Waals surface area contributed by atoms with E-state index >= 15 is 0 Å². The highest BCUT2D eigenvalue weighted by Crippen LogP contribution is 2.30. The first-order chi connectivity index (χ1) is 13.8. The predicted octanol–water partition coefficient (Wildman–Crippen LogP) is 4.96. The largest absolute Gasteiger partial charge is 0.444 e. The second kappa shape index (κ2) is 9.53. The summed E-state index contributed by atoms with van der Waals surface area (Å²) in [5.74, 6) is -0.647. The number of rotatable bonds is 7. The Kier molecular flexibility index (Phi) is 7.76. The summed E-state index contributed by atoms with van der Waals surface area (Å²) in [6.07, 6.45) is -0.00146. The van der Waals surface area contributed by atoms with Crippen LogP contribution in [0.2, 0.25) is 10.0 Å². The number of nitrogens with one attached hydrogen (secondary N) is 1. The number of ether oxygens (including phenoxy) is 1. The number of carbonyl (C=O) groups excluding carboxylic acids is 1. The molecule has 0 unspecified atom stereocenters. The van der Waals surface area contributed by atoms with Crippen LogP contribution in [0.25, 0.3) is 0 Å². The molecular weight excluding hydrogens is 453 g/mol. The topological polar surface area (TPSA) is 111 Å². The van der Waals surface area contributed by atoms with Gasteiger partial charge in [0, 0.05) is 15.6 Å². The molecule has 0 aliphatic rings. The molecule has 2 atom stereocenters. The maximum Gasteiger partial charge on any atom is 0.408 e. The number of hydrogen-bond acceptors (Lipinski definition) is 7. The summed E-state index contributed by atoms with van der Waals surface area (Å²) < 4.78 is 36.3. The van der Waals surface area contributed by atoms with Crippen LogP contribution in [-0.2, 0) is 20.3 Å². The zero-order chi connectivity index (χ0) is 22.7. The predicted molar refractivity (Wildman–Crippen MR) is 113 cm³/mol. The summed E-state index contributed by atoms with van der Waals surface area (Å²) in [6, 6.07) is 3.98. The first-order valence-corrected chi connectivity index (χ1v) is 11.7. The molecule has 0 radical (unpaired) electrons. The fourth-order valence-corrected chi connectivity index (χ4v) is 4.39. The van der Waals surface area contributed by atoms with Gasteiger partial charge in [-0.05, 0) is 38.8 Å². The number of alkyl carbamates (subject to hydrolysis) is 1. The van der Waals surface area contributed by atoms with Gasteiger partial charge in [-0.2, -0.15) is 0 Å². The second-order valence-electron chi connectivity index (χ2n) is 7.87. The van der Waals surface area contributed by atoms with Gasteiger partial charge in [-0.3, -0.25) is 0 Å². The molecule has 166 valence electrons. The number of amides is 1. The normalized spacial score (nSPS) is 14.2. The molecule has 1 N–H and O–H groups in total. The van der Waals surface area contributed by atoms with Crippen LogP contribution in [0.15, 0.2) is 27.8 Å². The van der Waals surface area contributed by atoms with E-state index in [0.717, 1.165) is 0 Å². The standard InChI is InChI=1S/C19H25Cl2N3O5S/c1-6-11(2)15(22-17(25)29-19(3,4)5)16-23-24-18(28-16)30(26,27)10-12-13(20)8-7-9-14(12)21/h7-9,11,15H,6,10H2,1-5H3,(H,22,25)/t11-,15+/m0/s1. The summed E-state index contributed by atoms with van der Waals surface area (Å²) in [6.45, 7) is 9.00. The molecule has 8 nitrogen and oxygen atoms in total. The maximum atomic E-state index is 12.8. The van der Waals surface area contributed by atoms with Crippen molar-refractivity contribution >= 4 is 39.1 Å². The van der Waals surface area contributed by atoms with E-state index in [4.69, 9.17) is 32.4 Å². The van der Waals surface area contributed by atoms with E-state index in [1.165, 1.54) is 0 Å². The van der Waals surface area contributed by atoms with Crippen LogP contribution in [0.3, 0.4) is 0 Å². The molecule has 11 heteroatoms. The first kappa shape index (κ1) is 24.4. The Morgan fingerprint density at radius 3 is 2.37 bits per heavy atom. The molecule has 0 saturated carbocycles. The summed E-state index contributed by atoms with van der Waals surface area (Å²) in [7, 11) is -4.01. The van der Waals surface area contributed by atoms with Gasteiger partial charge in [0.15, 0.2) is 0 Å². The molecule has 1 amide bonds. The molecule has 30 heavy (non-hydrogen) atoms. The van der Waals surface area contributed by atoms with Crippen molar-refractivity contribution in [2.45, 2.75) is 63.7 Å². The van der Waals surface area contributed by atoms with Gasteiger partial charge in [0.2, 0.25) is 15.7 Å². The lowest BCUT2D eigenvalue weighted by Crippen LogP contribution is -2.37. The van der Waals surface area contributed by atoms with Crippen molar-refractivity contribution in [1.29, 1.82) is 0 Å². The molecular formula is C19H25Cl2N3O5S. The zero-order valence-electron chi connectivity index (χ0n) is 17.4. The molecule has 1 heterocycles.